The molecule has 2 aromatic rings. The van der Waals surface area contributed by atoms with Crippen molar-refractivity contribution in [3.8, 4) is 5.75 Å². The van der Waals surface area contributed by atoms with Gasteiger partial charge in [-0.25, -0.2) is 4.79 Å². The Morgan fingerprint density at radius 3 is 2.55 bits per heavy atom. The normalized spacial score (nSPS) is 24.1. The van der Waals surface area contributed by atoms with Gasteiger partial charge in [-0.3, -0.25) is 24.2 Å². The summed E-state index contributed by atoms with van der Waals surface area (Å²) < 4.78 is -0.757. The number of rotatable bonds is 6. The van der Waals surface area contributed by atoms with Gasteiger partial charge in [-0.1, -0.05) is 30.3 Å². The first-order valence-electron chi connectivity index (χ1n) is 12.1. The van der Waals surface area contributed by atoms with E-state index < -0.39 is 57.7 Å². The van der Waals surface area contributed by atoms with Crippen LogP contribution in [-0.2, 0) is 20.8 Å². The third-order valence-electron chi connectivity index (χ3n) is 7.11. The van der Waals surface area contributed by atoms with Crippen LogP contribution in [0.2, 0.25) is 0 Å². The molecule has 0 bridgehead atoms. The van der Waals surface area contributed by atoms with Crippen LogP contribution in [0.4, 0.5) is 0 Å². The number of hydrogen-bond donors (Lipinski definition) is 4. The van der Waals surface area contributed by atoms with Crippen molar-refractivity contribution in [1.82, 2.24) is 20.5 Å². The standard InChI is InChI=1S/C26H26N4O7S/c1-26(2)20(25(36)37)30-23(35)18(24(30)38-26)29-22(34)17(12-7-4-3-5-8-12)28-21(33)13-11-27-14-9-6-10-15(31)16(14)19(13)32/h3-5,7-8,11,17-18,20,24H,6,9-10H2,1-2H3,(H,27,32)(H,28,33)(H,29,34)(H,36,37)/t17?,18-,20+,24-/m1/s1. The Bertz CT molecular complexity index is 1360. The highest BCUT2D eigenvalue weighted by molar-refractivity contribution is 8.01. The quantitative estimate of drug-likeness (QED) is 0.398. The third kappa shape index (κ3) is 4.18. The maximum Gasteiger partial charge on any atom is 0.327 e. The van der Waals surface area contributed by atoms with Gasteiger partial charge >= 0.3 is 5.97 Å². The van der Waals surface area contributed by atoms with Crippen LogP contribution in [0.1, 0.15) is 64.7 Å². The number of aromatic hydroxyl groups is 1. The molecule has 1 aromatic carbocycles. The zero-order valence-corrected chi connectivity index (χ0v) is 21.4. The van der Waals surface area contributed by atoms with Crippen molar-refractivity contribution in [2.45, 2.75) is 61.4 Å². The molecule has 1 unspecified atom stereocenters. The van der Waals surface area contributed by atoms with E-state index in [9.17, 15) is 34.2 Å². The molecule has 5 rings (SSSR count). The van der Waals surface area contributed by atoms with E-state index in [4.69, 9.17) is 0 Å². The second-order valence-corrected chi connectivity index (χ2v) is 11.8. The smallest absolute Gasteiger partial charge is 0.327 e. The van der Waals surface area contributed by atoms with Crippen LogP contribution in [0.3, 0.4) is 0 Å². The first-order valence-corrected chi connectivity index (χ1v) is 13.0. The minimum absolute atomic E-state index is 0.0265. The Labute approximate surface area is 222 Å². The molecule has 198 valence electrons. The number of carboxylic acid groups (broad SMARTS) is 1. The number of Topliss-reactive ketones (excluding diaryl/α,β-unsaturated/α-hetero) is 1. The summed E-state index contributed by atoms with van der Waals surface area (Å²) >= 11 is 1.29. The highest BCUT2D eigenvalue weighted by Crippen LogP contribution is 2.50. The van der Waals surface area contributed by atoms with E-state index in [-0.39, 0.29) is 23.3 Å². The topological polar surface area (TPSA) is 166 Å². The van der Waals surface area contributed by atoms with Gasteiger partial charge in [0.2, 0.25) is 11.8 Å². The summed E-state index contributed by atoms with van der Waals surface area (Å²) in [6.07, 6.45) is 2.55. The Hall–Kier alpha value is -3.93. The number of aromatic nitrogens is 1. The molecule has 4 N–H and O–H groups in total. The maximum absolute atomic E-state index is 13.4. The van der Waals surface area contributed by atoms with Crippen LogP contribution in [0, 0.1) is 0 Å². The molecule has 3 heterocycles. The van der Waals surface area contributed by atoms with E-state index in [0.717, 1.165) is 0 Å². The number of carboxylic acids is 1. The number of aryl methyl sites for hydroxylation is 1. The van der Waals surface area contributed by atoms with Crippen molar-refractivity contribution >= 4 is 41.2 Å². The fourth-order valence-corrected chi connectivity index (χ4v) is 6.89. The van der Waals surface area contributed by atoms with Crippen LogP contribution >= 0.6 is 11.8 Å². The Morgan fingerprint density at radius 2 is 1.87 bits per heavy atom. The molecule has 1 aliphatic carbocycles. The summed E-state index contributed by atoms with van der Waals surface area (Å²) in [6, 6.07) is 5.13. The van der Waals surface area contributed by atoms with Gasteiger partial charge in [0, 0.05) is 17.4 Å². The van der Waals surface area contributed by atoms with Gasteiger partial charge in [-0.2, -0.15) is 0 Å². The highest BCUT2D eigenvalue weighted by Gasteiger charge is 2.64. The molecule has 3 aliphatic rings. The molecule has 3 amide bonds. The van der Waals surface area contributed by atoms with Crippen LogP contribution in [0.5, 0.6) is 5.75 Å². The average molecular weight is 539 g/mol. The van der Waals surface area contributed by atoms with E-state index in [1.165, 1.54) is 22.9 Å². The van der Waals surface area contributed by atoms with Crippen LogP contribution in [0.15, 0.2) is 36.5 Å². The first-order chi connectivity index (χ1) is 18.0. The molecule has 12 heteroatoms. The van der Waals surface area contributed by atoms with Gasteiger partial charge in [-0.15, -0.1) is 11.8 Å². The van der Waals surface area contributed by atoms with E-state index in [1.807, 2.05) is 0 Å². The molecular weight excluding hydrogens is 512 g/mol. The molecule has 2 aliphatic heterocycles. The lowest BCUT2D eigenvalue weighted by Gasteiger charge is -2.44. The van der Waals surface area contributed by atoms with Crippen molar-refractivity contribution < 1.29 is 34.2 Å². The molecule has 0 saturated carbocycles. The van der Waals surface area contributed by atoms with Gasteiger partial charge in [0.25, 0.3) is 5.91 Å². The van der Waals surface area contributed by atoms with Crippen LogP contribution in [-0.4, -0.2) is 71.8 Å². The predicted octanol–water partition coefficient (Wildman–Crippen LogP) is 1.41. The van der Waals surface area contributed by atoms with E-state index in [2.05, 4.69) is 15.6 Å². The molecule has 2 saturated heterocycles. The van der Waals surface area contributed by atoms with E-state index >= 15 is 0 Å². The molecule has 11 nitrogen and oxygen atoms in total. The summed E-state index contributed by atoms with van der Waals surface area (Å²) in [4.78, 5) is 69.1. The lowest BCUT2D eigenvalue weighted by Crippen LogP contribution is -2.71. The molecule has 1 aromatic heterocycles. The van der Waals surface area contributed by atoms with Gasteiger partial charge in [0.15, 0.2) is 5.78 Å². The maximum atomic E-state index is 13.4. The SMILES string of the molecule is CC1(C)S[C@@H]2[C@H](NC(=O)C(NC(=O)c3cnc4c(c3O)C(=O)CCC4)c3ccccc3)C(=O)N2[C@H]1C(=O)O. The fraction of sp³-hybridized carbons (Fsp3) is 0.385. The molecular formula is C26H26N4O7S. The predicted molar refractivity (Wildman–Crippen MR) is 135 cm³/mol. The number of carbonyl (C=O) groups excluding carboxylic acids is 4. The Kier molecular flexibility index (Phi) is 6.38. The number of carbonyl (C=O) groups is 5. The Morgan fingerprint density at radius 1 is 1.16 bits per heavy atom. The summed E-state index contributed by atoms with van der Waals surface area (Å²) in [6.45, 7) is 3.47. The Balaban J connectivity index is 1.39. The number of ketones is 1. The minimum Gasteiger partial charge on any atom is -0.506 e. The van der Waals surface area contributed by atoms with Crippen molar-refractivity contribution in [2.75, 3.05) is 0 Å². The second-order valence-electron chi connectivity index (χ2n) is 10.0. The second kappa shape index (κ2) is 9.43. The number of fused-ring (bicyclic) bond motifs is 2. The molecule has 4 atom stereocenters. The number of nitrogens with zero attached hydrogens (tertiary/aromatic N) is 2. The van der Waals surface area contributed by atoms with Crippen molar-refractivity contribution in [2.24, 2.45) is 0 Å². The molecule has 0 spiro atoms. The lowest BCUT2D eigenvalue weighted by molar-refractivity contribution is -0.161. The van der Waals surface area contributed by atoms with E-state index in [0.29, 0.717) is 24.1 Å². The fourth-order valence-electron chi connectivity index (χ4n) is 5.27. The van der Waals surface area contributed by atoms with Crippen molar-refractivity contribution in [3.63, 3.8) is 0 Å². The van der Waals surface area contributed by atoms with Crippen LogP contribution < -0.4 is 10.6 Å². The summed E-state index contributed by atoms with van der Waals surface area (Å²) in [5, 5.41) is 25.1. The number of aliphatic carboxylic acids is 1. The zero-order valence-electron chi connectivity index (χ0n) is 20.6. The van der Waals surface area contributed by atoms with Crippen LogP contribution in [0.25, 0.3) is 0 Å². The average Bonchev–Trinajstić information content (AvgIpc) is 3.14. The number of amides is 3. The van der Waals surface area contributed by atoms with Crippen molar-refractivity contribution in [3.05, 3.63) is 58.9 Å². The number of thioether (sulfide) groups is 1. The lowest BCUT2D eigenvalue weighted by atomic mass is 9.92. The molecule has 38 heavy (non-hydrogen) atoms. The number of hydrogen-bond acceptors (Lipinski definition) is 8. The van der Waals surface area contributed by atoms with Gasteiger partial charge in [0.1, 0.15) is 34.8 Å². The summed E-state index contributed by atoms with van der Waals surface area (Å²) in [7, 11) is 0. The molecule has 2 fully saturated rings. The summed E-state index contributed by atoms with van der Waals surface area (Å²) in [5.74, 6) is -3.90. The first kappa shape index (κ1) is 25.7. The van der Waals surface area contributed by atoms with Gasteiger partial charge in [-0.05, 0) is 32.3 Å². The zero-order chi connectivity index (χ0) is 27.4. The number of benzene rings is 1. The number of pyridine rings is 1. The summed E-state index contributed by atoms with van der Waals surface area (Å²) in [5.41, 5.74) is 0.637. The van der Waals surface area contributed by atoms with E-state index in [1.54, 1.807) is 44.2 Å². The van der Waals surface area contributed by atoms with Crippen molar-refractivity contribution in [1.29, 1.82) is 0 Å². The molecule has 0 radical (unpaired) electrons. The van der Waals surface area contributed by atoms with Gasteiger partial charge < -0.3 is 25.7 Å². The highest BCUT2D eigenvalue weighted by atomic mass is 32.2. The van der Waals surface area contributed by atoms with Gasteiger partial charge in [0.05, 0.1) is 11.3 Å². The monoisotopic (exact) mass is 538 g/mol. The minimum atomic E-state index is -1.24. The largest absolute Gasteiger partial charge is 0.506 e. The third-order valence-corrected chi connectivity index (χ3v) is 8.69. The number of β-lactam (4-membered cyclic amide) rings is 1. The number of nitrogens with one attached hydrogen (secondary N) is 2.